The number of nitrogens with one attached hydrogen (secondary N) is 2. The first-order chi connectivity index (χ1) is 42.4. The fourth-order valence-corrected chi connectivity index (χ4v) is 11.5. The zero-order valence-electron chi connectivity index (χ0n) is 49.6. The van der Waals surface area contributed by atoms with E-state index in [1.54, 1.807) is 7.05 Å². The highest BCUT2D eigenvalue weighted by Gasteiger charge is 2.58. The Labute approximate surface area is 511 Å². The Morgan fingerprint density at radius 2 is 0.910 bits per heavy atom. The number of ketones is 1. The minimum Gasteiger partial charge on any atom is -0.394 e. The second-order valence-electron chi connectivity index (χ2n) is 23.2. The molecule has 0 radical (unpaired) electrons. The van der Waals surface area contributed by atoms with E-state index in [9.17, 15) is 106 Å². The van der Waals surface area contributed by atoms with Crippen LogP contribution in [0.15, 0.2) is 0 Å². The minimum absolute atomic E-state index is 0.0471. The van der Waals surface area contributed by atoms with Crippen LogP contribution in [-0.4, -0.2) is 347 Å². The third kappa shape index (κ3) is 19.1. The molecule has 0 aromatic carbocycles. The van der Waals surface area contributed by atoms with Gasteiger partial charge in [-0.1, -0.05) is 19.8 Å². The Bertz CT molecular complexity index is 2110. The van der Waals surface area contributed by atoms with Crippen molar-refractivity contribution in [2.75, 3.05) is 53.3 Å². The number of hydrogen-bond donors (Lipinski definition) is 20. The predicted octanol–water partition coefficient (Wildman–Crippen LogP) is -10.1. The zero-order valence-corrected chi connectivity index (χ0v) is 49.6. The summed E-state index contributed by atoms with van der Waals surface area (Å²) in [5.41, 5.74) is 0. The molecule has 6 rings (SSSR count). The molecule has 2 amide bonds. The van der Waals surface area contributed by atoms with E-state index < -0.39 is 236 Å². The monoisotopic (exact) mass is 1300 g/mol. The minimum atomic E-state index is -2.23. The van der Waals surface area contributed by atoms with Gasteiger partial charge in [0.25, 0.3) is 0 Å². The number of unbranched alkanes of at least 4 members (excludes halogenated alkanes) is 4. The van der Waals surface area contributed by atoms with Crippen molar-refractivity contribution >= 4 is 17.6 Å². The van der Waals surface area contributed by atoms with Crippen LogP contribution in [0.3, 0.4) is 0 Å². The number of carbonyl (C=O) groups is 3. The Hall–Kier alpha value is -2.59. The molecule has 0 bridgehead atoms. The van der Waals surface area contributed by atoms with Crippen LogP contribution in [0.4, 0.5) is 0 Å². The number of rotatable bonds is 32. The molecular formula is C54H94N2O33. The van der Waals surface area contributed by atoms with E-state index in [2.05, 4.69) is 10.6 Å². The lowest BCUT2D eigenvalue weighted by Gasteiger charge is -2.50. The van der Waals surface area contributed by atoms with Gasteiger partial charge in [-0.25, -0.2) is 0 Å². The lowest BCUT2D eigenvalue weighted by Crippen LogP contribution is -2.70. The normalized spacial score (nSPS) is 42.8. The summed E-state index contributed by atoms with van der Waals surface area (Å²) in [7, 11) is 1.55. The number of ether oxygens (including phenoxy) is 12. The lowest BCUT2D eigenvalue weighted by atomic mass is 9.87. The maximum Gasteiger partial charge on any atom is 0.219 e. The standard InChI is InChI=1S/C54H94N2O33/c1-21-24(65)14-32(84-44(21)34(68)25(66)15-57)85-48-36(70)27(17-59)81-54(42(48)76)88-47-33(56-22(2)63)50(79-26(16-58)35(47)69)89-49-37(71)28(18-60)80-53(43(49)77)87-46-30(20-62)83-52(41(75)39(46)73)86-45-29(19-61)82-51(40(74)38(45)72)78-13-9-5-4-6-10-23(64)11-7-8-12-31(67)55-3/h21,24-30,32-54,57-62,65-66,68-77H,4-20H2,1-3H3,(H,55,67)(H,56,63)/t21-,24-,25-,26?,27?,28?,29?,30?,32-,33?,34-,35+,36+,37+,38-,39-,40?,41?,42?,43?,44?,45-,46+,47-,48+,49+,50+,51-,52+,53-,54+/m1/s1. The van der Waals surface area contributed by atoms with Gasteiger partial charge in [-0.05, 0) is 25.7 Å². The van der Waals surface area contributed by atoms with E-state index in [-0.39, 0.29) is 24.7 Å². The largest absolute Gasteiger partial charge is 0.394 e. The third-order valence-electron chi connectivity index (χ3n) is 16.8. The molecule has 0 aromatic heterocycles. The van der Waals surface area contributed by atoms with Crippen molar-refractivity contribution in [3.8, 4) is 0 Å². The molecule has 6 fully saturated rings. The molecule has 0 spiro atoms. The molecule has 0 saturated carbocycles. The summed E-state index contributed by atoms with van der Waals surface area (Å²) in [6.07, 6.45) is -48.4. The molecular weight excluding hydrogens is 1200 g/mol. The predicted molar refractivity (Wildman–Crippen MR) is 289 cm³/mol. The van der Waals surface area contributed by atoms with Gasteiger partial charge in [0.2, 0.25) is 11.8 Å². The van der Waals surface area contributed by atoms with Crippen molar-refractivity contribution in [3.05, 3.63) is 0 Å². The fourth-order valence-electron chi connectivity index (χ4n) is 11.5. The van der Waals surface area contributed by atoms with Crippen LogP contribution >= 0.6 is 0 Å². The first-order valence-corrected chi connectivity index (χ1v) is 30.0. The molecule has 6 heterocycles. The molecule has 11 unspecified atom stereocenters. The van der Waals surface area contributed by atoms with Crippen LogP contribution in [0.1, 0.15) is 78.1 Å². The first-order valence-electron chi connectivity index (χ1n) is 30.0. The van der Waals surface area contributed by atoms with Gasteiger partial charge in [0, 0.05) is 52.2 Å². The van der Waals surface area contributed by atoms with E-state index in [0.29, 0.717) is 57.8 Å². The van der Waals surface area contributed by atoms with Crippen LogP contribution in [0.25, 0.3) is 0 Å². The van der Waals surface area contributed by atoms with E-state index in [1.807, 2.05) is 0 Å². The maximum absolute atomic E-state index is 12.9. The van der Waals surface area contributed by atoms with E-state index in [0.717, 1.165) is 6.92 Å². The quantitative estimate of drug-likeness (QED) is 0.0278. The summed E-state index contributed by atoms with van der Waals surface area (Å²) >= 11 is 0. The van der Waals surface area contributed by atoms with Crippen LogP contribution in [-0.2, 0) is 71.2 Å². The molecule has 0 aliphatic carbocycles. The van der Waals surface area contributed by atoms with Gasteiger partial charge in [-0.2, -0.15) is 0 Å². The molecule has 518 valence electrons. The average Bonchev–Trinajstić information content (AvgIpc) is 2.97. The number of carbonyl (C=O) groups excluding carboxylic acids is 3. The molecule has 20 N–H and O–H groups in total. The Morgan fingerprint density at radius 1 is 0.483 bits per heavy atom. The zero-order chi connectivity index (χ0) is 65.6. The molecule has 35 heteroatoms. The number of aliphatic hydroxyl groups excluding tert-OH is 18. The van der Waals surface area contributed by atoms with E-state index >= 15 is 0 Å². The highest BCUT2D eigenvalue weighted by molar-refractivity contribution is 5.78. The fraction of sp³-hybridized carbons (Fsp3) is 0.944. The van der Waals surface area contributed by atoms with E-state index in [1.165, 1.54) is 6.92 Å². The SMILES string of the molecule is CNC(=O)CCCCC(=O)CCCCCCO[C@@H]1OC(CO)[C@@H](O[C@@H]2OC(CO)[C@H](O[C@H]3OC(CO)[C@H](O)[C@H](O[C@@H]4OC(CO)[C@H](O)[C@H](O[C@@H]5OC(CO)[C@H](O)[C@H](O[C@@H]6C[C@@H](O)[C@@H](C)C([C@H](O)[C@H](O)CO)O6)C5O)C4NC(C)=O)C3O)[C@H](O)C2O)[C@H](O)C1O. The Balaban J connectivity index is 1.09. The van der Waals surface area contributed by atoms with Crippen molar-refractivity contribution in [3.63, 3.8) is 0 Å². The van der Waals surface area contributed by atoms with Gasteiger partial charge in [0.1, 0.15) is 140 Å². The highest BCUT2D eigenvalue weighted by atomic mass is 16.8. The second kappa shape index (κ2) is 35.8. The first kappa shape index (κ1) is 75.4. The van der Waals surface area contributed by atoms with Gasteiger partial charge in [0.15, 0.2) is 37.7 Å². The smallest absolute Gasteiger partial charge is 0.219 e. The van der Waals surface area contributed by atoms with Gasteiger partial charge in [-0.3, -0.25) is 14.4 Å². The van der Waals surface area contributed by atoms with Crippen molar-refractivity contribution in [1.29, 1.82) is 0 Å². The summed E-state index contributed by atoms with van der Waals surface area (Å²) in [4.78, 5) is 36.5. The molecule has 6 aliphatic rings. The summed E-state index contributed by atoms with van der Waals surface area (Å²) in [5, 5.41) is 201. The molecule has 35 nitrogen and oxygen atoms in total. The van der Waals surface area contributed by atoms with Gasteiger partial charge < -0.3 is 159 Å². The molecule has 31 atom stereocenters. The van der Waals surface area contributed by atoms with Crippen molar-refractivity contribution < 1.29 is 163 Å². The summed E-state index contributed by atoms with van der Waals surface area (Å²) < 4.78 is 69.9. The number of Topliss-reactive ketones (excluding diaryl/α,β-unsaturated/α-hetero) is 1. The van der Waals surface area contributed by atoms with Crippen molar-refractivity contribution in [2.24, 2.45) is 5.92 Å². The van der Waals surface area contributed by atoms with E-state index in [4.69, 9.17) is 56.8 Å². The molecule has 0 aromatic rings. The van der Waals surface area contributed by atoms with Crippen molar-refractivity contribution in [1.82, 2.24) is 10.6 Å². The van der Waals surface area contributed by atoms with Gasteiger partial charge in [0.05, 0.1) is 51.8 Å². The average molecular weight is 1300 g/mol. The second-order valence-corrected chi connectivity index (χ2v) is 23.2. The third-order valence-corrected chi connectivity index (χ3v) is 16.8. The van der Waals surface area contributed by atoms with Crippen LogP contribution in [0.2, 0.25) is 0 Å². The van der Waals surface area contributed by atoms with Gasteiger partial charge >= 0.3 is 0 Å². The topological polar surface area (TPSA) is 550 Å². The highest BCUT2D eigenvalue weighted by Crippen LogP contribution is 2.38. The molecule has 89 heavy (non-hydrogen) atoms. The Morgan fingerprint density at radius 3 is 1.43 bits per heavy atom. The maximum atomic E-state index is 12.9. The lowest BCUT2D eigenvalue weighted by molar-refractivity contribution is -0.390. The summed E-state index contributed by atoms with van der Waals surface area (Å²) in [5.74, 6) is -1.69. The summed E-state index contributed by atoms with van der Waals surface area (Å²) in [6, 6.07) is -1.79. The van der Waals surface area contributed by atoms with Crippen LogP contribution in [0.5, 0.6) is 0 Å². The molecule has 6 saturated heterocycles. The Kier molecular flexibility index (Phi) is 30.3. The van der Waals surface area contributed by atoms with Crippen LogP contribution in [0, 0.1) is 5.92 Å². The van der Waals surface area contributed by atoms with Crippen molar-refractivity contribution in [2.45, 2.75) is 262 Å². The van der Waals surface area contributed by atoms with Crippen LogP contribution < -0.4 is 10.6 Å². The number of hydrogen-bond acceptors (Lipinski definition) is 33. The number of aliphatic hydroxyl groups is 18. The number of amides is 2. The molecule has 6 aliphatic heterocycles. The summed E-state index contributed by atoms with van der Waals surface area (Å²) in [6.45, 7) is -3.21. The van der Waals surface area contributed by atoms with Gasteiger partial charge in [-0.15, -0.1) is 0 Å².